The van der Waals surface area contributed by atoms with Crippen molar-refractivity contribution in [3.63, 3.8) is 0 Å². The fourth-order valence-corrected chi connectivity index (χ4v) is 3.91. The summed E-state index contributed by atoms with van der Waals surface area (Å²) in [6, 6.07) is 16.5. The first-order valence-electron chi connectivity index (χ1n) is 10.2. The van der Waals surface area contributed by atoms with Crippen LogP contribution in [0.3, 0.4) is 0 Å². The molecule has 0 bridgehead atoms. The van der Waals surface area contributed by atoms with E-state index in [1.165, 1.54) is 0 Å². The Morgan fingerprint density at radius 1 is 1.00 bits per heavy atom. The average Bonchev–Trinajstić information content (AvgIpc) is 3.22. The monoisotopic (exact) mass is 391 g/mol. The van der Waals surface area contributed by atoms with E-state index in [0.29, 0.717) is 11.3 Å². The van der Waals surface area contributed by atoms with Crippen molar-refractivity contribution in [1.29, 1.82) is 0 Å². The summed E-state index contributed by atoms with van der Waals surface area (Å²) in [7, 11) is 0. The largest absolute Gasteiger partial charge is 0.459 e. The van der Waals surface area contributed by atoms with Crippen molar-refractivity contribution in [1.82, 2.24) is 0 Å². The van der Waals surface area contributed by atoms with Crippen LogP contribution in [0.1, 0.15) is 60.0 Å². The van der Waals surface area contributed by atoms with Crippen LogP contribution in [0.5, 0.6) is 0 Å². The maximum atomic E-state index is 13.4. The fraction of sp³-hybridized carbons (Fsp3) is 0.375. The maximum Gasteiger partial charge on any atom is 0.362 e. The predicted molar refractivity (Wildman–Crippen MR) is 110 cm³/mol. The van der Waals surface area contributed by atoms with Crippen LogP contribution in [-0.4, -0.2) is 29.2 Å². The van der Waals surface area contributed by atoms with Crippen molar-refractivity contribution < 1.29 is 19.2 Å². The summed E-state index contributed by atoms with van der Waals surface area (Å²) < 4.78 is 5.77. The van der Waals surface area contributed by atoms with Gasteiger partial charge >= 0.3 is 11.6 Å². The Bertz CT molecular complexity index is 914. The molecule has 0 aromatic heterocycles. The second-order valence-corrected chi connectivity index (χ2v) is 7.86. The van der Waals surface area contributed by atoms with Gasteiger partial charge < -0.3 is 9.57 Å². The minimum absolute atomic E-state index is 0.0648. The first-order chi connectivity index (χ1) is 14.1. The molecule has 1 fully saturated rings. The molecular weight excluding hydrogens is 366 g/mol. The smallest absolute Gasteiger partial charge is 0.362 e. The van der Waals surface area contributed by atoms with E-state index in [2.05, 4.69) is 5.16 Å². The van der Waals surface area contributed by atoms with E-state index in [4.69, 9.17) is 9.57 Å². The maximum absolute atomic E-state index is 13.4. The van der Waals surface area contributed by atoms with Crippen LogP contribution >= 0.6 is 0 Å². The van der Waals surface area contributed by atoms with Gasteiger partial charge in [-0.3, -0.25) is 4.79 Å². The second kappa shape index (κ2) is 8.19. The van der Waals surface area contributed by atoms with Crippen molar-refractivity contribution in [2.45, 2.75) is 57.2 Å². The summed E-state index contributed by atoms with van der Waals surface area (Å²) in [6.45, 7) is 2.00. The highest BCUT2D eigenvalue weighted by Crippen LogP contribution is 2.33. The Hall–Kier alpha value is -2.95. The number of benzene rings is 2. The van der Waals surface area contributed by atoms with Crippen LogP contribution in [0, 0.1) is 6.92 Å². The molecule has 1 heterocycles. The number of carbonyl (C=O) groups is 2. The number of carbonyl (C=O) groups excluding carboxylic acids is 2. The van der Waals surface area contributed by atoms with Crippen molar-refractivity contribution in [2.75, 3.05) is 0 Å². The van der Waals surface area contributed by atoms with E-state index in [0.717, 1.165) is 43.2 Å². The molecule has 1 saturated carbocycles. The SMILES string of the molecule is Cc1ccc(C2=NOC(C(=O)OC3CCCCC3)(C(=O)c3ccccc3)C2)cc1. The molecule has 0 saturated heterocycles. The van der Waals surface area contributed by atoms with Crippen molar-refractivity contribution in [3.05, 3.63) is 71.3 Å². The lowest BCUT2D eigenvalue weighted by Crippen LogP contribution is -2.49. The average molecular weight is 391 g/mol. The van der Waals surface area contributed by atoms with E-state index in [1.54, 1.807) is 24.3 Å². The summed E-state index contributed by atoms with van der Waals surface area (Å²) in [6.07, 6.45) is 4.77. The number of ether oxygens (including phenoxy) is 1. The molecule has 0 N–H and O–H groups in total. The van der Waals surface area contributed by atoms with Gasteiger partial charge in [-0.2, -0.15) is 0 Å². The molecule has 1 atom stereocenters. The molecule has 0 spiro atoms. The number of nitrogens with zero attached hydrogens (tertiary/aromatic N) is 1. The number of esters is 1. The zero-order valence-corrected chi connectivity index (χ0v) is 16.6. The third-order valence-electron chi connectivity index (χ3n) is 5.67. The number of hydrogen-bond donors (Lipinski definition) is 0. The third kappa shape index (κ3) is 3.95. The zero-order valence-electron chi connectivity index (χ0n) is 16.6. The van der Waals surface area contributed by atoms with E-state index in [9.17, 15) is 9.59 Å². The molecule has 29 heavy (non-hydrogen) atoms. The molecule has 2 aliphatic rings. The second-order valence-electron chi connectivity index (χ2n) is 7.86. The topological polar surface area (TPSA) is 65.0 Å². The molecular formula is C24H25NO4. The third-order valence-corrected chi connectivity index (χ3v) is 5.67. The van der Waals surface area contributed by atoms with Gasteiger partial charge in [0, 0.05) is 5.56 Å². The van der Waals surface area contributed by atoms with Gasteiger partial charge in [-0.1, -0.05) is 71.7 Å². The fourth-order valence-electron chi connectivity index (χ4n) is 3.91. The number of aryl methyl sites for hydroxylation is 1. The lowest BCUT2D eigenvalue weighted by molar-refractivity contribution is -0.170. The molecule has 5 heteroatoms. The Labute approximate surface area is 170 Å². The summed E-state index contributed by atoms with van der Waals surface area (Å²) in [4.78, 5) is 32.2. The molecule has 1 aliphatic carbocycles. The molecule has 4 rings (SSSR count). The number of oxime groups is 1. The summed E-state index contributed by atoms with van der Waals surface area (Å²) in [5, 5.41) is 4.14. The van der Waals surface area contributed by atoms with Gasteiger partial charge in [0.25, 0.3) is 0 Å². The van der Waals surface area contributed by atoms with Gasteiger partial charge in [0.1, 0.15) is 6.10 Å². The highest BCUT2D eigenvalue weighted by Gasteiger charge is 2.55. The van der Waals surface area contributed by atoms with Crippen molar-refractivity contribution >= 4 is 17.5 Å². The van der Waals surface area contributed by atoms with Gasteiger partial charge in [0.05, 0.1) is 12.1 Å². The van der Waals surface area contributed by atoms with Gasteiger partial charge in [-0.05, 0) is 38.2 Å². The lowest BCUT2D eigenvalue weighted by Gasteiger charge is -2.28. The van der Waals surface area contributed by atoms with Gasteiger partial charge in [-0.15, -0.1) is 0 Å². The van der Waals surface area contributed by atoms with Crippen LogP contribution in [0.4, 0.5) is 0 Å². The molecule has 5 nitrogen and oxygen atoms in total. The first kappa shape index (κ1) is 19.4. The Kier molecular flexibility index (Phi) is 5.47. The predicted octanol–water partition coefficient (Wildman–Crippen LogP) is 4.62. The number of rotatable bonds is 5. The van der Waals surface area contributed by atoms with E-state index in [-0.39, 0.29) is 12.5 Å². The summed E-state index contributed by atoms with van der Waals surface area (Å²) >= 11 is 0. The van der Waals surface area contributed by atoms with Gasteiger partial charge in [0.15, 0.2) is 0 Å². The normalized spacial score (nSPS) is 21.9. The Balaban J connectivity index is 1.62. The zero-order chi connectivity index (χ0) is 20.3. The highest BCUT2D eigenvalue weighted by atomic mass is 16.7. The first-order valence-corrected chi connectivity index (χ1v) is 10.2. The number of ketones is 1. The number of hydrogen-bond acceptors (Lipinski definition) is 5. The lowest BCUT2D eigenvalue weighted by atomic mass is 9.86. The summed E-state index contributed by atoms with van der Waals surface area (Å²) in [5.74, 6) is -1.05. The van der Waals surface area contributed by atoms with Gasteiger partial charge in [0.2, 0.25) is 5.78 Å². The van der Waals surface area contributed by atoms with Crippen molar-refractivity contribution in [3.8, 4) is 0 Å². The van der Waals surface area contributed by atoms with E-state index < -0.39 is 17.4 Å². The molecule has 1 aliphatic heterocycles. The van der Waals surface area contributed by atoms with Crippen LogP contribution in [0.15, 0.2) is 59.8 Å². The Morgan fingerprint density at radius 3 is 2.38 bits per heavy atom. The van der Waals surface area contributed by atoms with E-state index >= 15 is 0 Å². The minimum Gasteiger partial charge on any atom is -0.459 e. The van der Waals surface area contributed by atoms with Crippen LogP contribution in [0.25, 0.3) is 0 Å². The van der Waals surface area contributed by atoms with Gasteiger partial charge in [-0.25, -0.2) is 4.79 Å². The van der Waals surface area contributed by atoms with Crippen LogP contribution in [-0.2, 0) is 14.4 Å². The minimum atomic E-state index is -1.76. The molecule has 150 valence electrons. The van der Waals surface area contributed by atoms with Crippen LogP contribution in [0.2, 0.25) is 0 Å². The highest BCUT2D eigenvalue weighted by molar-refractivity contribution is 6.20. The quantitative estimate of drug-likeness (QED) is 0.424. The van der Waals surface area contributed by atoms with E-state index in [1.807, 2.05) is 37.3 Å². The Morgan fingerprint density at radius 2 is 1.69 bits per heavy atom. The molecule has 2 aromatic rings. The summed E-state index contributed by atoms with van der Waals surface area (Å²) in [5.41, 5.74) is 1.18. The molecule has 1 unspecified atom stereocenters. The number of Topliss-reactive ketones (excluding diaryl/α,β-unsaturated/α-hetero) is 1. The van der Waals surface area contributed by atoms with Crippen LogP contribution < -0.4 is 0 Å². The standard InChI is InChI=1S/C24H25NO4/c1-17-12-14-18(15-13-17)21-16-24(29-25-21,22(26)19-8-4-2-5-9-19)23(27)28-20-10-6-3-7-11-20/h2,4-5,8-9,12-15,20H,3,6-7,10-11,16H2,1H3. The molecule has 0 radical (unpaired) electrons. The molecule has 2 aromatic carbocycles. The molecule has 0 amide bonds. The van der Waals surface area contributed by atoms with Crippen molar-refractivity contribution in [2.24, 2.45) is 5.16 Å².